The first-order chi connectivity index (χ1) is 9.58. The average molecular weight is 293 g/mol. The molecular formula is C15H14ClFN2O. The van der Waals surface area contributed by atoms with Crippen LogP contribution in [0.3, 0.4) is 0 Å². The first-order valence-corrected chi connectivity index (χ1v) is 6.47. The topological polar surface area (TPSA) is 55.1 Å². The van der Waals surface area contributed by atoms with Crippen molar-refractivity contribution in [3.8, 4) is 0 Å². The van der Waals surface area contributed by atoms with Gasteiger partial charge < -0.3 is 5.73 Å². The lowest BCUT2D eigenvalue weighted by molar-refractivity contribution is -0.120. The van der Waals surface area contributed by atoms with E-state index in [2.05, 4.69) is 5.32 Å². The van der Waals surface area contributed by atoms with Crippen LogP contribution in [0.5, 0.6) is 0 Å². The maximum atomic E-state index is 12.9. The van der Waals surface area contributed by atoms with Crippen LogP contribution in [0.2, 0.25) is 5.02 Å². The van der Waals surface area contributed by atoms with Crippen LogP contribution in [0.25, 0.3) is 0 Å². The average Bonchev–Trinajstić information content (AvgIpc) is 2.42. The highest BCUT2D eigenvalue weighted by Crippen LogP contribution is 2.18. The van der Waals surface area contributed by atoms with Gasteiger partial charge in [0, 0.05) is 11.6 Å². The van der Waals surface area contributed by atoms with E-state index in [9.17, 15) is 9.18 Å². The normalized spacial score (nSPS) is 12.1. The summed E-state index contributed by atoms with van der Waals surface area (Å²) in [6.45, 7) is 0.394. The first-order valence-electron chi connectivity index (χ1n) is 6.09. The Hall–Kier alpha value is -1.91. The van der Waals surface area contributed by atoms with Crippen LogP contribution in [0, 0.1) is 5.82 Å². The van der Waals surface area contributed by atoms with Crippen LogP contribution in [0.15, 0.2) is 48.5 Å². The van der Waals surface area contributed by atoms with E-state index in [0.717, 1.165) is 5.56 Å². The van der Waals surface area contributed by atoms with Crippen LogP contribution in [0.4, 0.5) is 4.39 Å². The second kappa shape index (κ2) is 6.50. The number of benzene rings is 2. The number of halogens is 2. The van der Waals surface area contributed by atoms with E-state index in [4.69, 9.17) is 17.3 Å². The fourth-order valence-electron chi connectivity index (χ4n) is 1.89. The first kappa shape index (κ1) is 14.5. The Morgan fingerprint density at radius 2 is 1.85 bits per heavy atom. The van der Waals surface area contributed by atoms with Crippen molar-refractivity contribution in [2.24, 2.45) is 5.73 Å². The Kier molecular flexibility index (Phi) is 4.71. The standard InChI is InChI=1S/C15H14ClFN2O/c16-13-4-2-1-3-11(13)9-19-14(15(18)20)10-5-7-12(17)8-6-10/h1-8,14,19H,9H2,(H2,18,20). The van der Waals surface area contributed by atoms with Gasteiger partial charge in [0.25, 0.3) is 0 Å². The molecule has 0 aromatic heterocycles. The van der Waals surface area contributed by atoms with E-state index in [0.29, 0.717) is 17.1 Å². The van der Waals surface area contributed by atoms with Crippen molar-refractivity contribution in [2.45, 2.75) is 12.6 Å². The number of rotatable bonds is 5. The molecule has 0 spiro atoms. The van der Waals surface area contributed by atoms with E-state index >= 15 is 0 Å². The van der Waals surface area contributed by atoms with E-state index in [1.807, 2.05) is 18.2 Å². The summed E-state index contributed by atoms with van der Waals surface area (Å²) in [6, 6.07) is 12.3. The highest BCUT2D eigenvalue weighted by Gasteiger charge is 2.17. The minimum Gasteiger partial charge on any atom is -0.368 e. The molecule has 2 rings (SSSR count). The summed E-state index contributed by atoms with van der Waals surface area (Å²) in [5, 5.41) is 3.64. The van der Waals surface area contributed by atoms with Crippen LogP contribution < -0.4 is 11.1 Å². The highest BCUT2D eigenvalue weighted by molar-refractivity contribution is 6.31. The minimum absolute atomic E-state index is 0.358. The second-order valence-electron chi connectivity index (χ2n) is 4.36. The van der Waals surface area contributed by atoms with Gasteiger partial charge in [-0.05, 0) is 29.3 Å². The third-order valence-electron chi connectivity index (χ3n) is 2.94. The zero-order valence-electron chi connectivity index (χ0n) is 10.6. The molecule has 2 aromatic carbocycles. The molecule has 0 bridgehead atoms. The molecule has 104 valence electrons. The predicted octanol–water partition coefficient (Wildman–Crippen LogP) is 2.80. The van der Waals surface area contributed by atoms with E-state index < -0.39 is 11.9 Å². The fourth-order valence-corrected chi connectivity index (χ4v) is 2.09. The summed E-state index contributed by atoms with van der Waals surface area (Å²) in [5.41, 5.74) is 6.86. The van der Waals surface area contributed by atoms with Crippen LogP contribution >= 0.6 is 11.6 Å². The number of hydrogen-bond acceptors (Lipinski definition) is 2. The molecule has 0 saturated carbocycles. The molecule has 1 amide bonds. The number of hydrogen-bond donors (Lipinski definition) is 2. The van der Waals surface area contributed by atoms with Gasteiger partial charge in [0.2, 0.25) is 5.91 Å². The molecule has 0 fully saturated rings. The van der Waals surface area contributed by atoms with Crippen molar-refractivity contribution in [1.82, 2.24) is 5.32 Å². The number of carbonyl (C=O) groups is 1. The Bertz CT molecular complexity index is 601. The zero-order valence-corrected chi connectivity index (χ0v) is 11.4. The molecule has 1 unspecified atom stereocenters. The SMILES string of the molecule is NC(=O)C(NCc1ccccc1Cl)c1ccc(F)cc1. The van der Waals surface area contributed by atoms with E-state index in [1.54, 1.807) is 6.07 Å². The van der Waals surface area contributed by atoms with Gasteiger partial charge in [-0.3, -0.25) is 10.1 Å². The third kappa shape index (κ3) is 3.56. The predicted molar refractivity (Wildman–Crippen MR) is 76.6 cm³/mol. The Balaban J connectivity index is 2.13. The highest BCUT2D eigenvalue weighted by atomic mass is 35.5. The zero-order chi connectivity index (χ0) is 14.5. The summed E-state index contributed by atoms with van der Waals surface area (Å²) < 4.78 is 12.9. The molecule has 1 atom stereocenters. The molecule has 0 aliphatic carbocycles. The molecule has 0 aliphatic rings. The number of amides is 1. The second-order valence-corrected chi connectivity index (χ2v) is 4.77. The number of nitrogens with one attached hydrogen (secondary N) is 1. The maximum Gasteiger partial charge on any atom is 0.239 e. The molecule has 2 aromatic rings. The van der Waals surface area contributed by atoms with Crippen molar-refractivity contribution >= 4 is 17.5 Å². The van der Waals surface area contributed by atoms with Crippen molar-refractivity contribution in [2.75, 3.05) is 0 Å². The van der Waals surface area contributed by atoms with Crippen molar-refractivity contribution < 1.29 is 9.18 Å². The van der Waals surface area contributed by atoms with Crippen molar-refractivity contribution in [3.05, 3.63) is 70.5 Å². The van der Waals surface area contributed by atoms with Crippen LogP contribution in [-0.4, -0.2) is 5.91 Å². The van der Waals surface area contributed by atoms with Crippen molar-refractivity contribution in [1.29, 1.82) is 0 Å². The molecule has 5 heteroatoms. The van der Waals surface area contributed by atoms with Crippen molar-refractivity contribution in [3.63, 3.8) is 0 Å². The van der Waals surface area contributed by atoms with Crippen LogP contribution in [0.1, 0.15) is 17.2 Å². The lowest BCUT2D eigenvalue weighted by Gasteiger charge is -2.16. The molecule has 3 nitrogen and oxygen atoms in total. The van der Waals surface area contributed by atoms with Crippen LogP contribution in [-0.2, 0) is 11.3 Å². The van der Waals surface area contributed by atoms with Gasteiger partial charge in [-0.15, -0.1) is 0 Å². The third-order valence-corrected chi connectivity index (χ3v) is 3.31. The number of nitrogens with two attached hydrogens (primary N) is 1. The maximum absolute atomic E-state index is 12.9. The lowest BCUT2D eigenvalue weighted by Crippen LogP contribution is -2.33. The van der Waals surface area contributed by atoms with E-state index in [-0.39, 0.29) is 5.82 Å². The Labute approximate surface area is 121 Å². The smallest absolute Gasteiger partial charge is 0.239 e. The van der Waals surface area contributed by atoms with Gasteiger partial charge in [0.15, 0.2) is 0 Å². The van der Waals surface area contributed by atoms with Gasteiger partial charge in [-0.25, -0.2) is 4.39 Å². The summed E-state index contributed by atoms with van der Waals surface area (Å²) in [7, 11) is 0. The molecule has 0 aliphatic heterocycles. The number of primary amides is 1. The van der Waals surface area contributed by atoms with Gasteiger partial charge in [-0.2, -0.15) is 0 Å². The molecule has 0 saturated heterocycles. The molecule has 20 heavy (non-hydrogen) atoms. The largest absolute Gasteiger partial charge is 0.368 e. The lowest BCUT2D eigenvalue weighted by atomic mass is 10.1. The van der Waals surface area contributed by atoms with Gasteiger partial charge in [0.05, 0.1) is 0 Å². The molecule has 0 radical (unpaired) electrons. The minimum atomic E-state index is -0.688. The monoisotopic (exact) mass is 292 g/mol. The summed E-state index contributed by atoms with van der Waals surface area (Å²) in [6.07, 6.45) is 0. The fraction of sp³-hybridized carbons (Fsp3) is 0.133. The Morgan fingerprint density at radius 3 is 2.45 bits per heavy atom. The quantitative estimate of drug-likeness (QED) is 0.890. The summed E-state index contributed by atoms with van der Waals surface area (Å²) >= 11 is 6.05. The van der Waals surface area contributed by atoms with Gasteiger partial charge in [0.1, 0.15) is 11.9 Å². The number of carbonyl (C=O) groups excluding carboxylic acids is 1. The molecule has 3 N–H and O–H groups in total. The Morgan fingerprint density at radius 1 is 1.20 bits per heavy atom. The van der Waals surface area contributed by atoms with E-state index in [1.165, 1.54) is 24.3 Å². The van der Waals surface area contributed by atoms with Gasteiger partial charge >= 0.3 is 0 Å². The molecule has 0 heterocycles. The summed E-state index contributed by atoms with van der Waals surface area (Å²) in [4.78, 5) is 11.5. The van der Waals surface area contributed by atoms with Gasteiger partial charge in [-0.1, -0.05) is 41.9 Å². The summed E-state index contributed by atoms with van der Waals surface area (Å²) in [5.74, 6) is -0.883. The molecular weight excluding hydrogens is 279 g/mol.